The van der Waals surface area contributed by atoms with Crippen molar-refractivity contribution < 1.29 is 4.74 Å². The SMILES string of the molecule is NC(=S)NN=Cc1cc(Cl)ccc1OCc1ccccc1. The standard InChI is InChI=1S/C15H14ClN3OS/c16-13-6-7-14(12(8-13)9-18-19-15(17)21)20-10-11-4-2-1-3-5-11/h1-9H,10H2,(H3,17,19,21). The zero-order valence-electron chi connectivity index (χ0n) is 11.1. The van der Waals surface area contributed by atoms with Crippen LogP contribution in [0.1, 0.15) is 11.1 Å². The molecule has 2 aromatic carbocycles. The Hall–Kier alpha value is -2.11. The van der Waals surface area contributed by atoms with E-state index >= 15 is 0 Å². The number of nitrogens with one attached hydrogen (secondary N) is 1. The second kappa shape index (κ2) is 7.61. The monoisotopic (exact) mass is 319 g/mol. The molecule has 0 unspecified atom stereocenters. The lowest BCUT2D eigenvalue weighted by atomic mass is 10.2. The molecule has 0 saturated heterocycles. The van der Waals surface area contributed by atoms with Crippen LogP contribution in [-0.4, -0.2) is 11.3 Å². The number of benzene rings is 2. The smallest absolute Gasteiger partial charge is 0.184 e. The van der Waals surface area contributed by atoms with Crippen LogP contribution >= 0.6 is 23.8 Å². The summed E-state index contributed by atoms with van der Waals surface area (Å²) in [5, 5.41) is 4.61. The maximum Gasteiger partial charge on any atom is 0.184 e. The van der Waals surface area contributed by atoms with Crippen molar-refractivity contribution in [2.75, 3.05) is 0 Å². The molecule has 108 valence electrons. The van der Waals surface area contributed by atoms with Crippen LogP contribution in [0.5, 0.6) is 5.75 Å². The van der Waals surface area contributed by atoms with Crippen LogP contribution < -0.4 is 15.9 Å². The topological polar surface area (TPSA) is 59.6 Å². The van der Waals surface area contributed by atoms with Gasteiger partial charge in [0.15, 0.2) is 5.11 Å². The summed E-state index contributed by atoms with van der Waals surface area (Å²) in [5.41, 5.74) is 9.62. The first-order chi connectivity index (χ1) is 10.1. The molecule has 0 spiro atoms. The molecule has 2 aromatic rings. The zero-order valence-corrected chi connectivity index (χ0v) is 12.7. The number of nitrogens with two attached hydrogens (primary N) is 1. The first-order valence-corrected chi connectivity index (χ1v) is 6.98. The van der Waals surface area contributed by atoms with E-state index in [2.05, 4.69) is 22.7 Å². The van der Waals surface area contributed by atoms with Crippen molar-refractivity contribution in [2.24, 2.45) is 10.8 Å². The van der Waals surface area contributed by atoms with E-state index in [0.29, 0.717) is 17.4 Å². The Kier molecular flexibility index (Phi) is 5.54. The molecule has 0 bridgehead atoms. The van der Waals surface area contributed by atoms with E-state index in [1.54, 1.807) is 24.4 Å². The summed E-state index contributed by atoms with van der Waals surface area (Å²) in [5.74, 6) is 0.678. The molecule has 3 N–H and O–H groups in total. The molecule has 0 saturated carbocycles. The van der Waals surface area contributed by atoms with Crippen molar-refractivity contribution in [1.29, 1.82) is 0 Å². The normalized spacial score (nSPS) is 10.5. The average Bonchev–Trinajstić information content (AvgIpc) is 2.47. The largest absolute Gasteiger partial charge is 0.488 e. The number of hydrogen-bond donors (Lipinski definition) is 2. The molecule has 0 radical (unpaired) electrons. The molecule has 6 heteroatoms. The van der Waals surface area contributed by atoms with E-state index in [-0.39, 0.29) is 5.11 Å². The number of ether oxygens (including phenoxy) is 1. The van der Waals surface area contributed by atoms with Crippen molar-refractivity contribution >= 4 is 35.1 Å². The quantitative estimate of drug-likeness (QED) is 0.505. The highest BCUT2D eigenvalue weighted by molar-refractivity contribution is 7.80. The third kappa shape index (κ3) is 5.06. The van der Waals surface area contributed by atoms with Gasteiger partial charge in [-0.3, -0.25) is 5.43 Å². The second-order valence-corrected chi connectivity index (χ2v) is 5.07. The van der Waals surface area contributed by atoms with Crippen molar-refractivity contribution in [3.8, 4) is 5.75 Å². The van der Waals surface area contributed by atoms with Crippen LogP contribution in [0.3, 0.4) is 0 Å². The van der Waals surface area contributed by atoms with Gasteiger partial charge in [0.1, 0.15) is 12.4 Å². The molecule has 0 atom stereocenters. The highest BCUT2D eigenvalue weighted by atomic mass is 35.5. The van der Waals surface area contributed by atoms with Crippen LogP contribution in [-0.2, 0) is 6.61 Å². The van der Waals surface area contributed by atoms with Crippen LogP contribution in [0.25, 0.3) is 0 Å². The van der Waals surface area contributed by atoms with Gasteiger partial charge in [0.2, 0.25) is 0 Å². The van der Waals surface area contributed by atoms with Gasteiger partial charge in [-0.1, -0.05) is 41.9 Å². The van der Waals surface area contributed by atoms with Crippen molar-refractivity contribution in [1.82, 2.24) is 5.43 Å². The van der Waals surface area contributed by atoms with Crippen LogP contribution in [0.4, 0.5) is 0 Å². The zero-order chi connectivity index (χ0) is 15.1. The molecule has 0 aliphatic carbocycles. The van der Waals surface area contributed by atoms with Gasteiger partial charge in [0.05, 0.1) is 6.21 Å². The number of hydrogen-bond acceptors (Lipinski definition) is 3. The minimum atomic E-state index is 0.0973. The third-order valence-corrected chi connectivity index (χ3v) is 2.91. The molecule has 0 aliphatic heterocycles. The molecule has 0 fully saturated rings. The molecule has 0 heterocycles. The molecular weight excluding hydrogens is 306 g/mol. The third-order valence-electron chi connectivity index (χ3n) is 2.59. The van der Waals surface area contributed by atoms with Crippen molar-refractivity contribution in [2.45, 2.75) is 6.61 Å². The number of thiocarbonyl (C=S) groups is 1. The van der Waals surface area contributed by atoms with Gasteiger partial charge in [-0.15, -0.1) is 0 Å². The summed E-state index contributed by atoms with van der Waals surface area (Å²) in [6, 6.07) is 15.2. The van der Waals surface area contributed by atoms with E-state index in [4.69, 9.17) is 22.1 Å². The van der Waals surface area contributed by atoms with Gasteiger partial charge in [0.25, 0.3) is 0 Å². The molecule has 0 aliphatic rings. The Morgan fingerprint density at radius 1 is 1.29 bits per heavy atom. The predicted molar refractivity (Wildman–Crippen MR) is 89.7 cm³/mol. The summed E-state index contributed by atoms with van der Waals surface area (Å²) >= 11 is 10.7. The average molecular weight is 320 g/mol. The van der Waals surface area contributed by atoms with Gasteiger partial charge in [-0.25, -0.2) is 0 Å². The lowest BCUT2D eigenvalue weighted by molar-refractivity contribution is 0.306. The van der Waals surface area contributed by atoms with Gasteiger partial charge in [0, 0.05) is 10.6 Å². The summed E-state index contributed by atoms with van der Waals surface area (Å²) in [4.78, 5) is 0. The van der Waals surface area contributed by atoms with E-state index in [1.165, 1.54) is 0 Å². The lowest BCUT2D eigenvalue weighted by Gasteiger charge is -2.09. The number of hydrazone groups is 1. The molecule has 4 nitrogen and oxygen atoms in total. The van der Waals surface area contributed by atoms with Gasteiger partial charge >= 0.3 is 0 Å². The molecule has 21 heavy (non-hydrogen) atoms. The Bertz CT molecular complexity index is 647. The fourth-order valence-electron chi connectivity index (χ4n) is 1.65. The maximum atomic E-state index is 5.99. The summed E-state index contributed by atoms with van der Waals surface area (Å²) < 4.78 is 5.79. The van der Waals surface area contributed by atoms with Gasteiger partial charge in [-0.2, -0.15) is 5.10 Å². The van der Waals surface area contributed by atoms with Crippen molar-refractivity contribution in [3.63, 3.8) is 0 Å². The number of rotatable bonds is 5. The van der Waals surface area contributed by atoms with E-state index < -0.39 is 0 Å². The molecule has 0 aromatic heterocycles. The Morgan fingerprint density at radius 2 is 2.05 bits per heavy atom. The number of nitrogens with zero attached hydrogens (tertiary/aromatic N) is 1. The lowest BCUT2D eigenvalue weighted by Crippen LogP contribution is -2.24. The van der Waals surface area contributed by atoms with Crippen LogP contribution in [0, 0.1) is 0 Å². The minimum Gasteiger partial charge on any atom is -0.488 e. The first kappa shape index (κ1) is 15.3. The van der Waals surface area contributed by atoms with Crippen LogP contribution in [0.2, 0.25) is 5.02 Å². The predicted octanol–water partition coefficient (Wildman–Crippen LogP) is 3.09. The molecule has 0 amide bonds. The second-order valence-electron chi connectivity index (χ2n) is 4.19. The van der Waals surface area contributed by atoms with Crippen LogP contribution in [0.15, 0.2) is 53.6 Å². The Morgan fingerprint density at radius 3 is 2.76 bits per heavy atom. The highest BCUT2D eigenvalue weighted by Gasteiger charge is 2.03. The first-order valence-electron chi connectivity index (χ1n) is 6.20. The van der Waals surface area contributed by atoms with E-state index in [0.717, 1.165) is 11.1 Å². The Balaban J connectivity index is 2.11. The van der Waals surface area contributed by atoms with E-state index in [1.807, 2.05) is 30.3 Å². The van der Waals surface area contributed by atoms with Gasteiger partial charge < -0.3 is 10.5 Å². The van der Waals surface area contributed by atoms with Crippen molar-refractivity contribution in [3.05, 3.63) is 64.7 Å². The summed E-state index contributed by atoms with van der Waals surface area (Å²) in [6.45, 7) is 0.464. The fraction of sp³-hybridized carbons (Fsp3) is 0.0667. The molecule has 2 rings (SSSR count). The van der Waals surface area contributed by atoms with E-state index in [9.17, 15) is 0 Å². The van der Waals surface area contributed by atoms with Gasteiger partial charge in [-0.05, 0) is 36.0 Å². The minimum absolute atomic E-state index is 0.0973. The summed E-state index contributed by atoms with van der Waals surface area (Å²) in [6.07, 6.45) is 1.56. The number of halogens is 1. The molecular formula is C15H14ClN3OS. The highest BCUT2D eigenvalue weighted by Crippen LogP contribution is 2.22. The maximum absolute atomic E-state index is 5.99. The fourth-order valence-corrected chi connectivity index (χ4v) is 1.89. The Labute approximate surface area is 133 Å². The summed E-state index contributed by atoms with van der Waals surface area (Å²) in [7, 11) is 0.